The van der Waals surface area contributed by atoms with Crippen molar-refractivity contribution in [3.05, 3.63) is 12.2 Å². The molecular formula is C59H115NO5. The fourth-order valence-corrected chi connectivity index (χ4v) is 9.28. The first-order valence-electron chi connectivity index (χ1n) is 29.5. The Labute approximate surface area is 406 Å². The Kier molecular flexibility index (Phi) is 54.0. The van der Waals surface area contributed by atoms with Crippen molar-refractivity contribution in [2.24, 2.45) is 0 Å². The SMILES string of the molecule is CCCCCCCCCCCCCCCCC/C=C/C(O)C(CO)NC(=O)CCCCCCCCCCCCCCCCCCCOC(=O)CCCCCCCCCCCCCCCC. The lowest BCUT2D eigenvalue weighted by Gasteiger charge is -2.20. The molecule has 0 saturated carbocycles. The van der Waals surface area contributed by atoms with E-state index in [9.17, 15) is 19.8 Å². The minimum Gasteiger partial charge on any atom is -0.466 e. The molecule has 1 amide bonds. The van der Waals surface area contributed by atoms with Crippen molar-refractivity contribution < 1.29 is 24.5 Å². The third-order valence-electron chi connectivity index (χ3n) is 13.8. The van der Waals surface area contributed by atoms with Gasteiger partial charge in [-0.2, -0.15) is 0 Å². The topological polar surface area (TPSA) is 95.9 Å². The molecule has 0 aliphatic rings. The van der Waals surface area contributed by atoms with Crippen LogP contribution in [0.4, 0.5) is 0 Å². The number of carbonyl (C=O) groups excluding carboxylic acids is 2. The summed E-state index contributed by atoms with van der Waals surface area (Å²) in [6.07, 6.45) is 65.2. The highest BCUT2D eigenvalue weighted by molar-refractivity contribution is 5.76. The first kappa shape index (κ1) is 63.6. The highest BCUT2D eigenvalue weighted by Gasteiger charge is 2.18. The summed E-state index contributed by atoms with van der Waals surface area (Å²) in [6.45, 7) is 4.92. The van der Waals surface area contributed by atoms with Crippen molar-refractivity contribution in [1.29, 1.82) is 0 Å². The van der Waals surface area contributed by atoms with Gasteiger partial charge < -0.3 is 20.3 Å². The molecule has 0 aromatic heterocycles. The summed E-state index contributed by atoms with van der Waals surface area (Å²) >= 11 is 0. The van der Waals surface area contributed by atoms with Crippen LogP contribution < -0.4 is 5.32 Å². The van der Waals surface area contributed by atoms with Crippen molar-refractivity contribution in [2.45, 2.75) is 341 Å². The Balaban J connectivity index is 3.43. The average Bonchev–Trinajstić information content (AvgIpc) is 3.31. The van der Waals surface area contributed by atoms with Gasteiger partial charge >= 0.3 is 5.97 Å². The molecule has 0 aliphatic heterocycles. The molecule has 6 heteroatoms. The van der Waals surface area contributed by atoms with Crippen LogP contribution in [0.25, 0.3) is 0 Å². The van der Waals surface area contributed by atoms with Gasteiger partial charge in [-0.25, -0.2) is 0 Å². The average molecular weight is 919 g/mol. The van der Waals surface area contributed by atoms with E-state index in [1.807, 2.05) is 6.08 Å². The summed E-state index contributed by atoms with van der Waals surface area (Å²) in [5.74, 6) is -0.0632. The molecule has 0 radical (unpaired) electrons. The summed E-state index contributed by atoms with van der Waals surface area (Å²) in [5.41, 5.74) is 0. The van der Waals surface area contributed by atoms with Crippen LogP contribution in [0.15, 0.2) is 12.2 Å². The van der Waals surface area contributed by atoms with Crippen molar-refractivity contribution in [1.82, 2.24) is 5.32 Å². The van der Waals surface area contributed by atoms with E-state index < -0.39 is 12.1 Å². The monoisotopic (exact) mass is 918 g/mol. The molecule has 386 valence electrons. The van der Waals surface area contributed by atoms with Crippen molar-refractivity contribution >= 4 is 11.9 Å². The summed E-state index contributed by atoms with van der Waals surface area (Å²) in [6, 6.07) is -0.631. The minimum absolute atomic E-state index is 0.00732. The van der Waals surface area contributed by atoms with Crippen LogP contribution in [0.5, 0.6) is 0 Å². The number of carbonyl (C=O) groups is 2. The largest absolute Gasteiger partial charge is 0.466 e. The van der Waals surface area contributed by atoms with E-state index >= 15 is 0 Å². The van der Waals surface area contributed by atoms with Gasteiger partial charge in [0.25, 0.3) is 0 Å². The van der Waals surface area contributed by atoms with Crippen LogP contribution in [0, 0.1) is 0 Å². The Morgan fingerprint density at radius 3 is 1.05 bits per heavy atom. The molecule has 3 N–H and O–H groups in total. The summed E-state index contributed by atoms with van der Waals surface area (Å²) in [7, 11) is 0. The standard InChI is InChI=1S/C59H115NO5/c1-3-5-7-9-11-13-15-17-19-21-24-27-31-35-39-43-47-51-57(62)56(55-61)60-58(63)52-48-44-40-36-32-28-25-22-20-23-26-30-34-38-42-46-50-54-65-59(64)53-49-45-41-37-33-29-18-16-14-12-10-8-6-4-2/h47,51,56-57,61-62H,3-46,48-50,52-55H2,1-2H3,(H,60,63)/b51-47+. The highest BCUT2D eigenvalue weighted by Crippen LogP contribution is 2.17. The third-order valence-corrected chi connectivity index (χ3v) is 13.8. The molecule has 65 heavy (non-hydrogen) atoms. The van der Waals surface area contributed by atoms with Gasteiger partial charge in [-0.3, -0.25) is 9.59 Å². The normalized spacial score (nSPS) is 12.6. The van der Waals surface area contributed by atoms with Crippen molar-refractivity contribution in [3.8, 4) is 0 Å². The maximum Gasteiger partial charge on any atom is 0.305 e. The number of ether oxygens (including phenoxy) is 1. The first-order chi connectivity index (χ1) is 32.0. The Morgan fingerprint density at radius 1 is 0.415 bits per heavy atom. The molecule has 2 atom stereocenters. The van der Waals surface area contributed by atoms with E-state index in [2.05, 4.69) is 19.2 Å². The molecular weight excluding hydrogens is 803 g/mol. The number of aliphatic hydroxyl groups is 2. The second-order valence-electron chi connectivity index (χ2n) is 20.3. The Bertz CT molecular complexity index is 970. The van der Waals surface area contributed by atoms with Crippen molar-refractivity contribution in [3.63, 3.8) is 0 Å². The summed E-state index contributed by atoms with van der Waals surface area (Å²) < 4.78 is 5.48. The van der Waals surface area contributed by atoms with Crippen LogP contribution in [0.3, 0.4) is 0 Å². The number of nitrogens with one attached hydrogen (secondary N) is 1. The lowest BCUT2D eigenvalue weighted by atomic mass is 10.0. The van der Waals surface area contributed by atoms with Gasteiger partial charge in [0.2, 0.25) is 5.91 Å². The van der Waals surface area contributed by atoms with Gasteiger partial charge in [0.1, 0.15) is 0 Å². The minimum atomic E-state index is -0.847. The number of allylic oxidation sites excluding steroid dienone is 1. The summed E-state index contributed by atoms with van der Waals surface area (Å²) in [4.78, 5) is 24.5. The maximum atomic E-state index is 12.5. The van der Waals surface area contributed by atoms with Gasteiger partial charge in [0.15, 0.2) is 0 Å². The molecule has 0 aromatic carbocycles. The van der Waals surface area contributed by atoms with E-state index in [0.29, 0.717) is 19.4 Å². The predicted octanol–water partition coefficient (Wildman–Crippen LogP) is 18.1. The second kappa shape index (κ2) is 55.2. The first-order valence-corrected chi connectivity index (χ1v) is 29.5. The molecule has 0 heterocycles. The van der Waals surface area contributed by atoms with Gasteiger partial charge in [-0.05, 0) is 32.1 Å². The van der Waals surface area contributed by atoms with Gasteiger partial charge in [-0.1, -0.05) is 296 Å². The van der Waals surface area contributed by atoms with Crippen LogP contribution in [-0.2, 0) is 14.3 Å². The molecule has 0 spiro atoms. The fraction of sp³-hybridized carbons (Fsp3) is 0.932. The van der Waals surface area contributed by atoms with Gasteiger partial charge in [0.05, 0.1) is 25.4 Å². The van der Waals surface area contributed by atoms with Gasteiger partial charge in [0, 0.05) is 12.8 Å². The van der Waals surface area contributed by atoms with E-state index in [4.69, 9.17) is 4.74 Å². The third kappa shape index (κ3) is 51.8. The number of amides is 1. The molecule has 0 rings (SSSR count). The predicted molar refractivity (Wildman–Crippen MR) is 283 cm³/mol. The zero-order chi connectivity index (χ0) is 47.2. The Hall–Kier alpha value is -1.40. The number of hydrogen-bond donors (Lipinski definition) is 3. The van der Waals surface area contributed by atoms with Crippen LogP contribution in [-0.4, -0.2) is 47.4 Å². The molecule has 0 bridgehead atoms. The zero-order valence-electron chi connectivity index (χ0n) is 44.0. The van der Waals surface area contributed by atoms with Crippen molar-refractivity contribution in [2.75, 3.05) is 13.2 Å². The molecule has 0 saturated heterocycles. The quantitative estimate of drug-likeness (QED) is 0.0321. The smallest absolute Gasteiger partial charge is 0.305 e. The lowest BCUT2D eigenvalue weighted by molar-refractivity contribution is -0.143. The van der Waals surface area contributed by atoms with Crippen LogP contribution >= 0.6 is 0 Å². The van der Waals surface area contributed by atoms with E-state index in [1.165, 1.54) is 263 Å². The second-order valence-corrected chi connectivity index (χ2v) is 20.3. The molecule has 0 aromatic rings. The molecule has 0 fully saturated rings. The number of esters is 1. The van der Waals surface area contributed by atoms with Gasteiger partial charge in [-0.15, -0.1) is 0 Å². The van der Waals surface area contributed by atoms with E-state index in [0.717, 1.165) is 38.5 Å². The van der Waals surface area contributed by atoms with Crippen LogP contribution in [0.1, 0.15) is 328 Å². The zero-order valence-corrected chi connectivity index (χ0v) is 44.0. The molecule has 0 aliphatic carbocycles. The van der Waals surface area contributed by atoms with E-state index in [1.54, 1.807) is 6.08 Å². The number of rotatable bonds is 55. The number of hydrogen-bond acceptors (Lipinski definition) is 5. The highest BCUT2D eigenvalue weighted by atomic mass is 16.5. The van der Waals surface area contributed by atoms with Crippen LogP contribution in [0.2, 0.25) is 0 Å². The van der Waals surface area contributed by atoms with E-state index in [-0.39, 0.29) is 18.5 Å². The molecule has 6 nitrogen and oxygen atoms in total. The summed E-state index contributed by atoms with van der Waals surface area (Å²) in [5, 5.41) is 23.1. The fourth-order valence-electron chi connectivity index (χ4n) is 9.28. The maximum absolute atomic E-state index is 12.5. The lowest BCUT2D eigenvalue weighted by Crippen LogP contribution is -2.45. The number of aliphatic hydroxyl groups excluding tert-OH is 2. The Morgan fingerprint density at radius 2 is 0.708 bits per heavy atom. The molecule has 2 unspecified atom stereocenters. The number of unbranched alkanes of at least 4 members (excludes halogenated alkanes) is 44.